The van der Waals surface area contributed by atoms with Crippen molar-refractivity contribution in [3.8, 4) is 5.75 Å². The fourth-order valence-electron chi connectivity index (χ4n) is 1.44. The third-order valence-electron chi connectivity index (χ3n) is 2.21. The van der Waals surface area contributed by atoms with Crippen molar-refractivity contribution in [2.24, 2.45) is 0 Å². The average molecular weight is 205 g/mol. The first-order valence-electron chi connectivity index (χ1n) is 4.49. The van der Waals surface area contributed by atoms with Crippen molar-refractivity contribution < 1.29 is 9.53 Å². The van der Waals surface area contributed by atoms with Crippen LogP contribution in [0.3, 0.4) is 0 Å². The second-order valence-electron chi connectivity index (χ2n) is 3.05. The molecule has 1 aromatic carbocycles. The Kier molecular flexibility index (Phi) is 2.29. The number of methoxy groups -OCH3 is 1. The number of nitrogens with one attached hydrogen (secondary N) is 2. The number of hydrogen-bond donors (Lipinski definition) is 2. The zero-order valence-electron chi connectivity index (χ0n) is 8.50. The number of H-pyrrole nitrogens is 1. The summed E-state index contributed by atoms with van der Waals surface area (Å²) in [5.74, 6) is 0.350. The maximum absolute atomic E-state index is 11.5. The molecular formula is C10H11N3O2. The van der Waals surface area contributed by atoms with E-state index in [0.717, 1.165) is 11.0 Å². The van der Waals surface area contributed by atoms with E-state index in [-0.39, 0.29) is 5.91 Å². The second kappa shape index (κ2) is 3.61. The van der Waals surface area contributed by atoms with Gasteiger partial charge in [-0.25, -0.2) is 4.98 Å². The Bertz CT molecular complexity index is 504. The first-order chi connectivity index (χ1) is 7.26. The summed E-state index contributed by atoms with van der Waals surface area (Å²) >= 11 is 0. The SMILES string of the molecule is CNC(=O)c1cc2nc[nH]c2cc1OC. The van der Waals surface area contributed by atoms with Crippen molar-refractivity contribution in [2.45, 2.75) is 0 Å². The van der Waals surface area contributed by atoms with Gasteiger partial charge in [0.15, 0.2) is 0 Å². The number of carbonyl (C=O) groups is 1. The molecule has 0 saturated carbocycles. The van der Waals surface area contributed by atoms with Crippen molar-refractivity contribution in [3.05, 3.63) is 24.0 Å². The Morgan fingerprint density at radius 3 is 3.00 bits per heavy atom. The lowest BCUT2D eigenvalue weighted by molar-refractivity contribution is 0.0960. The summed E-state index contributed by atoms with van der Waals surface area (Å²) in [7, 11) is 3.11. The van der Waals surface area contributed by atoms with E-state index in [1.807, 2.05) is 0 Å². The van der Waals surface area contributed by atoms with E-state index in [2.05, 4.69) is 15.3 Å². The molecule has 0 fully saturated rings. The quantitative estimate of drug-likeness (QED) is 0.766. The molecule has 1 aromatic heterocycles. The Labute approximate surface area is 86.5 Å². The lowest BCUT2D eigenvalue weighted by Crippen LogP contribution is -2.18. The highest BCUT2D eigenvalue weighted by Gasteiger charge is 2.12. The van der Waals surface area contributed by atoms with E-state index in [1.165, 1.54) is 7.11 Å². The minimum Gasteiger partial charge on any atom is -0.496 e. The number of ether oxygens (including phenoxy) is 1. The predicted octanol–water partition coefficient (Wildman–Crippen LogP) is 0.931. The molecule has 0 radical (unpaired) electrons. The zero-order chi connectivity index (χ0) is 10.8. The fourth-order valence-corrected chi connectivity index (χ4v) is 1.44. The number of imidazole rings is 1. The molecule has 1 amide bonds. The standard InChI is InChI=1S/C10H11N3O2/c1-11-10(14)6-3-7-8(13-5-12-7)4-9(6)15-2/h3-5H,1-2H3,(H,11,14)(H,12,13). The summed E-state index contributed by atoms with van der Waals surface area (Å²) in [6.45, 7) is 0. The molecule has 5 nitrogen and oxygen atoms in total. The number of nitrogens with zero attached hydrogens (tertiary/aromatic N) is 1. The first-order valence-corrected chi connectivity index (χ1v) is 4.49. The van der Waals surface area contributed by atoms with E-state index in [4.69, 9.17) is 4.74 Å². The average Bonchev–Trinajstić information content (AvgIpc) is 2.73. The number of benzene rings is 1. The summed E-state index contributed by atoms with van der Waals surface area (Å²) < 4.78 is 5.14. The van der Waals surface area contributed by atoms with Crippen LogP contribution in [0.5, 0.6) is 5.75 Å². The molecule has 2 aromatic rings. The number of fused-ring (bicyclic) bond motifs is 1. The van der Waals surface area contributed by atoms with Crippen molar-refractivity contribution in [1.29, 1.82) is 0 Å². The Hall–Kier alpha value is -2.04. The van der Waals surface area contributed by atoms with Gasteiger partial charge in [0.05, 0.1) is 30.0 Å². The van der Waals surface area contributed by atoms with Gasteiger partial charge in [-0.05, 0) is 6.07 Å². The third-order valence-corrected chi connectivity index (χ3v) is 2.21. The monoisotopic (exact) mass is 205 g/mol. The lowest BCUT2D eigenvalue weighted by atomic mass is 10.1. The highest BCUT2D eigenvalue weighted by atomic mass is 16.5. The molecule has 15 heavy (non-hydrogen) atoms. The van der Waals surface area contributed by atoms with Crippen molar-refractivity contribution in [2.75, 3.05) is 14.2 Å². The topological polar surface area (TPSA) is 67.0 Å². The van der Waals surface area contributed by atoms with Crippen LogP contribution in [0.25, 0.3) is 11.0 Å². The molecule has 0 spiro atoms. The summed E-state index contributed by atoms with van der Waals surface area (Å²) in [4.78, 5) is 18.6. The maximum Gasteiger partial charge on any atom is 0.254 e. The van der Waals surface area contributed by atoms with Gasteiger partial charge in [0.1, 0.15) is 5.75 Å². The maximum atomic E-state index is 11.5. The summed E-state index contributed by atoms with van der Waals surface area (Å²) in [5.41, 5.74) is 2.08. The van der Waals surface area contributed by atoms with Crippen LogP contribution >= 0.6 is 0 Å². The highest BCUT2D eigenvalue weighted by molar-refractivity contribution is 6.00. The number of aromatic amines is 1. The summed E-state index contributed by atoms with van der Waals surface area (Å²) in [5, 5.41) is 2.56. The molecule has 0 bridgehead atoms. The molecule has 0 atom stereocenters. The van der Waals surface area contributed by atoms with Crippen LogP contribution in [0, 0.1) is 0 Å². The van der Waals surface area contributed by atoms with Crippen LogP contribution in [0.4, 0.5) is 0 Å². The minimum atomic E-state index is -0.184. The van der Waals surface area contributed by atoms with Gasteiger partial charge in [-0.2, -0.15) is 0 Å². The van der Waals surface area contributed by atoms with Crippen LogP contribution in [-0.2, 0) is 0 Å². The fraction of sp³-hybridized carbons (Fsp3) is 0.200. The molecule has 2 rings (SSSR count). The summed E-state index contributed by atoms with van der Waals surface area (Å²) in [6.07, 6.45) is 1.58. The molecule has 0 unspecified atom stereocenters. The summed E-state index contributed by atoms with van der Waals surface area (Å²) in [6, 6.07) is 3.45. The Morgan fingerprint density at radius 2 is 2.33 bits per heavy atom. The lowest BCUT2D eigenvalue weighted by Gasteiger charge is -2.06. The molecule has 78 valence electrons. The van der Waals surface area contributed by atoms with Gasteiger partial charge in [-0.15, -0.1) is 0 Å². The van der Waals surface area contributed by atoms with Gasteiger partial charge in [0.2, 0.25) is 0 Å². The predicted molar refractivity (Wildman–Crippen MR) is 56.0 cm³/mol. The largest absolute Gasteiger partial charge is 0.496 e. The first kappa shape index (κ1) is 9.51. The molecule has 5 heteroatoms. The smallest absolute Gasteiger partial charge is 0.254 e. The van der Waals surface area contributed by atoms with Gasteiger partial charge >= 0.3 is 0 Å². The van der Waals surface area contributed by atoms with Crippen LogP contribution in [0.15, 0.2) is 18.5 Å². The highest BCUT2D eigenvalue weighted by Crippen LogP contribution is 2.23. The van der Waals surface area contributed by atoms with E-state index in [0.29, 0.717) is 11.3 Å². The van der Waals surface area contributed by atoms with E-state index in [1.54, 1.807) is 25.5 Å². The number of aromatic nitrogens is 2. The number of carbonyl (C=O) groups excluding carboxylic acids is 1. The van der Waals surface area contributed by atoms with Gasteiger partial charge in [0.25, 0.3) is 5.91 Å². The molecule has 0 saturated heterocycles. The molecular weight excluding hydrogens is 194 g/mol. The number of hydrogen-bond acceptors (Lipinski definition) is 3. The Morgan fingerprint density at radius 1 is 1.53 bits per heavy atom. The second-order valence-corrected chi connectivity index (χ2v) is 3.05. The van der Waals surface area contributed by atoms with E-state index in [9.17, 15) is 4.79 Å². The molecule has 2 N–H and O–H groups in total. The van der Waals surface area contributed by atoms with Gasteiger partial charge in [-0.1, -0.05) is 0 Å². The van der Waals surface area contributed by atoms with Crippen LogP contribution in [0.2, 0.25) is 0 Å². The molecule has 0 aliphatic rings. The minimum absolute atomic E-state index is 0.184. The van der Waals surface area contributed by atoms with Crippen LogP contribution < -0.4 is 10.1 Å². The Balaban J connectivity index is 2.64. The van der Waals surface area contributed by atoms with Crippen molar-refractivity contribution in [3.63, 3.8) is 0 Å². The van der Waals surface area contributed by atoms with Gasteiger partial charge < -0.3 is 15.0 Å². The molecule has 0 aliphatic heterocycles. The van der Waals surface area contributed by atoms with Gasteiger partial charge in [0, 0.05) is 13.1 Å². The number of amides is 1. The van der Waals surface area contributed by atoms with E-state index < -0.39 is 0 Å². The van der Waals surface area contributed by atoms with Crippen LogP contribution in [-0.4, -0.2) is 30.0 Å². The normalized spacial score (nSPS) is 10.3. The van der Waals surface area contributed by atoms with Crippen LogP contribution in [0.1, 0.15) is 10.4 Å². The van der Waals surface area contributed by atoms with E-state index >= 15 is 0 Å². The zero-order valence-corrected chi connectivity index (χ0v) is 8.50. The third kappa shape index (κ3) is 1.52. The number of rotatable bonds is 2. The molecule has 0 aliphatic carbocycles. The van der Waals surface area contributed by atoms with Crippen molar-refractivity contribution >= 4 is 16.9 Å². The van der Waals surface area contributed by atoms with Crippen molar-refractivity contribution in [1.82, 2.24) is 15.3 Å². The van der Waals surface area contributed by atoms with Gasteiger partial charge in [-0.3, -0.25) is 4.79 Å². The molecule has 1 heterocycles.